The summed E-state index contributed by atoms with van der Waals surface area (Å²) in [6.45, 7) is 0.0256. The highest BCUT2D eigenvalue weighted by Gasteiger charge is 2.00. The van der Waals surface area contributed by atoms with E-state index in [0.717, 1.165) is 15.8 Å². The number of hydrogen-bond acceptors (Lipinski definition) is 3. The number of thiophene rings is 1. The van der Waals surface area contributed by atoms with Gasteiger partial charge in [0.1, 0.15) is 0 Å². The second kappa shape index (κ2) is 2.60. The van der Waals surface area contributed by atoms with Gasteiger partial charge in [-0.3, -0.25) is 4.98 Å². The monoisotopic (exact) mass is 165 g/mol. The van der Waals surface area contributed by atoms with Crippen molar-refractivity contribution in [3.63, 3.8) is 0 Å². The third kappa shape index (κ3) is 1.02. The smallest absolute Gasteiger partial charge is 0.0867 e. The van der Waals surface area contributed by atoms with E-state index in [2.05, 4.69) is 4.98 Å². The van der Waals surface area contributed by atoms with Crippen LogP contribution in [0, 0.1) is 0 Å². The second-order valence-electron chi connectivity index (χ2n) is 2.25. The Morgan fingerprint density at radius 3 is 3.18 bits per heavy atom. The van der Waals surface area contributed by atoms with E-state index in [4.69, 9.17) is 5.11 Å². The average molecular weight is 165 g/mol. The first kappa shape index (κ1) is 6.76. The number of aliphatic hydroxyl groups excluding tert-OH is 1. The Balaban J connectivity index is 2.79. The zero-order chi connectivity index (χ0) is 7.68. The Morgan fingerprint density at radius 1 is 1.45 bits per heavy atom. The van der Waals surface area contributed by atoms with Crippen LogP contribution in [0.3, 0.4) is 0 Å². The van der Waals surface area contributed by atoms with Crippen LogP contribution in [0.2, 0.25) is 0 Å². The van der Waals surface area contributed by atoms with Crippen LogP contribution in [0.25, 0.3) is 10.1 Å². The van der Waals surface area contributed by atoms with Crippen LogP contribution in [0.4, 0.5) is 0 Å². The Kier molecular flexibility index (Phi) is 1.60. The fraction of sp³-hybridized carbons (Fsp3) is 0.125. The maximum atomic E-state index is 8.90. The number of hydrogen-bond donors (Lipinski definition) is 1. The van der Waals surface area contributed by atoms with Crippen LogP contribution < -0.4 is 0 Å². The number of pyridine rings is 1. The van der Waals surface area contributed by atoms with Gasteiger partial charge >= 0.3 is 0 Å². The maximum Gasteiger partial charge on any atom is 0.0867 e. The molecule has 56 valence electrons. The quantitative estimate of drug-likeness (QED) is 0.698. The van der Waals surface area contributed by atoms with Crippen molar-refractivity contribution < 1.29 is 5.11 Å². The highest BCUT2D eigenvalue weighted by molar-refractivity contribution is 7.17. The molecule has 2 heterocycles. The summed E-state index contributed by atoms with van der Waals surface area (Å²) in [7, 11) is 0. The molecule has 0 bridgehead atoms. The summed E-state index contributed by atoms with van der Waals surface area (Å²) in [6.07, 6.45) is 1.72. The molecule has 0 amide bonds. The van der Waals surface area contributed by atoms with Crippen molar-refractivity contribution >= 4 is 21.4 Å². The minimum absolute atomic E-state index is 0.0256. The molecule has 3 heteroatoms. The summed E-state index contributed by atoms with van der Waals surface area (Å²) in [5.74, 6) is 0. The number of fused-ring (bicyclic) bond motifs is 1. The van der Waals surface area contributed by atoms with Crippen molar-refractivity contribution in [2.75, 3.05) is 0 Å². The molecular formula is C8H7NOS. The predicted octanol–water partition coefficient (Wildman–Crippen LogP) is 1.79. The van der Waals surface area contributed by atoms with Gasteiger partial charge in [0.2, 0.25) is 0 Å². The first-order chi connectivity index (χ1) is 5.42. The maximum absolute atomic E-state index is 8.90. The zero-order valence-electron chi connectivity index (χ0n) is 5.82. The van der Waals surface area contributed by atoms with E-state index in [1.165, 1.54) is 0 Å². The first-order valence-corrected chi connectivity index (χ1v) is 4.22. The molecule has 2 aromatic rings. The molecule has 0 aliphatic carbocycles. The van der Waals surface area contributed by atoms with E-state index in [9.17, 15) is 0 Å². The molecule has 2 aromatic heterocycles. The van der Waals surface area contributed by atoms with Gasteiger partial charge in [-0.1, -0.05) is 0 Å². The molecule has 0 fully saturated rings. The lowest BCUT2D eigenvalue weighted by molar-refractivity contribution is 0.279. The molecule has 11 heavy (non-hydrogen) atoms. The Morgan fingerprint density at radius 2 is 2.36 bits per heavy atom. The van der Waals surface area contributed by atoms with Crippen molar-refractivity contribution in [2.45, 2.75) is 6.61 Å². The lowest BCUT2D eigenvalue weighted by Crippen LogP contribution is -1.86. The number of rotatable bonds is 1. The van der Waals surface area contributed by atoms with Crippen molar-refractivity contribution in [2.24, 2.45) is 0 Å². The third-order valence-corrected chi connectivity index (χ3v) is 2.57. The molecule has 2 nitrogen and oxygen atoms in total. The van der Waals surface area contributed by atoms with Crippen molar-refractivity contribution in [3.8, 4) is 0 Å². The summed E-state index contributed by atoms with van der Waals surface area (Å²) >= 11 is 1.62. The number of aromatic nitrogens is 1. The van der Waals surface area contributed by atoms with Crippen LogP contribution in [-0.2, 0) is 6.61 Å². The highest BCUT2D eigenvalue weighted by atomic mass is 32.1. The SMILES string of the molecule is OCc1nccc2ccsc12. The van der Waals surface area contributed by atoms with Gasteiger partial charge in [0.05, 0.1) is 17.0 Å². The second-order valence-corrected chi connectivity index (χ2v) is 3.17. The van der Waals surface area contributed by atoms with Crippen LogP contribution in [-0.4, -0.2) is 10.1 Å². The minimum atomic E-state index is 0.0256. The number of nitrogens with zero attached hydrogens (tertiary/aromatic N) is 1. The summed E-state index contributed by atoms with van der Waals surface area (Å²) < 4.78 is 1.09. The topological polar surface area (TPSA) is 33.1 Å². The Labute approximate surface area is 68.1 Å². The fourth-order valence-corrected chi connectivity index (χ4v) is 1.94. The summed E-state index contributed by atoms with van der Waals surface area (Å²) in [6, 6.07) is 3.98. The van der Waals surface area contributed by atoms with Gasteiger partial charge in [-0.15, -0.1) is 11.3 Å². The summed E-state index contributed by atoms with van der Waals surface area (Å²) in [5.41, 5.74) is 0.775. The minimum Gasteiger partial charge on any atom is -0.390 e. The van der Waals surface area contributed by atoms with Crippen LogP contribution in [0.15, 0.2) is 23.7 Å². The normalized spacial score (nSPS) is 10.6. The standard InChI is InChI=1S/C8H7NOS/c10-5-7-8-6(1-3-9-7)2-4-11-8/h1-4,10H,5H2. The lowest BCUT2D eigenvalue weighted by Gasteiger charge is -1.94. The molecule has 0 saturated heterocycles. The molecule has 0 aliphatic heterocycles. The molecule has 0 atom stereocenters. The van der Waals surface area contributed by atoms with Gasteiger partial charge in [0, 0.05) is 6.20 Å². The molecule has 0 saturated carbocycles. The van der Waals surface area contributed by atoms with E-state index in [1.54, 1.807) is 17.5 Å². The van der Waals surface area contributed by atoms with E-state index >= 15 is 0 Å². The van der Waals surface area contributed by atoms with Gasteiger partial charge in [-0.05, 0) is 22.9 Å². The van der Waals surface area contributed by atoms with Crippen LogP contribution >= 0.6 is 11.3 Å². The van der Waals surface area contributed by atoms with Crippen LogP contribution in [0.1, 0.15) is 5.69 Å². The summed E-state index contributed by atoms with van der Waals surface area (Å²) in [5, 5.41) is 12.1. The third-order valence-electron chi connectivity index (χ3n) is 1.59. The Hall–Kier alpha value is -0.930. The molecule has 0 spiro atoms. The van der Waals surface area contributed by atoms with E-state index in [0.29, 0.717) is 0 Å². The van der Waals surface area contributed by atoms with E-state index in [1.807, 2.05) is 17.5 Å². The van der Waals surface area contributed by atoms with Crippen molar-refractivity contribution in [1.29, 1.82) is 0 Å². The first-order valence-electron chi connectivity index (χ1n) is 3.34. The summed E-state index contributed by atoms with van der Waals surface area (Å²) in [4.78, 5) is 4.06. The molecule has 1 N–H and O–H groups in total. The largest absolute Gasteiger partial charge is 0.390 e. The lowest BCUT2D eigenvalue weighted by atomic mass is 10.3. The molecule has 2 rings (SSSR count). The van der Waals surface area contributed by atoms with Gasteiger partial charge in [0.25, 0.3) is 0 Å². The number of aliphatic hydroxyl groups is 1. The van der Waals surface area contributed by atoms with E-state index in [-0.39, 0.29) is 6.61 Å². The molecule has 0 radical (unpaired) electrons. The molecule has 0 unspecified atom stereocenters. The van der Waals surface area contributed by atoms with Gasteiger partial charge in [-0.25, -0.2) is 0 Å². The van der Waals surface area contributed by atoms with Crippen LogP contribution in [0.5, 0.6) is 0 Å². The van der Waals surface area contributed by atoms with Gasteiger partial charge < -0.3 is 5.11 Å². The predicted molar refractivity (Wildman–Crippen MR) is 45.5 cm³/mol. The van der Waals surface area contributed by atoms with Crippen molar-refractivity contribution in [1.82, 2.24) is 4.98 Å². The van der Waals surface area contributed by atoms with Crippen molar-refractivity contribution in [3.05, 3.63) is 29.4 Å². The molecule has 0 aliphatic rings. The van der Waals surface area contributed by atoms with Gasteiger partial charge in [0.15, 0.2) is 0 Å². The highest BCUT2D eigenvalue weighted by Crippen LogP contribution is 2.22. The average Bonchev–Trinajstić information content (AvgIpc) is 2.50. The van der Waals surface area contributed by atoms with Gasteiger partial charge in [-0.2, -0.15) is 0 Å². The van der Waals surface area contributed by atoms with E-state index < -0.39 is 0 Å². The fourth-order valence-electron chi connectivity index (χ4n) is 1.06. The molecular weight excluding hydrogens is 158 g/mol. The zero-order valence-corrected chi connectivity index (χ0v) is 6.64. The Bertz CT molecular complexity index is 369. The molecule has 0 aromatic carbocycles.